The normalized spacial score (nSPS) is 38.7. The number of carbonyl (C=O) groups is 3. The fraction of sp³-hybridized carbons (Fsp3) is 0.778. The number of carboxylic acid groups (broad SMARTS) is 2. The van der Waals surface area contributed by atoms with Crippen molar-refractivity contribution in [3.8, 4) is 0 Å². The molecule has 4 aliphatic rings. The van der Waals surface area contributed by atoms with Crippen molar-refractivity contribution in [2.45, 2.75) is 79.1 Å². The molecule has 8 heteroatoms. The minimum absolute atomic E-state index is 0.0166. The molecule has 35 heavy (non-hydrogen) atoms. The summed E-state index contributed by atoms with van der Waals surface area (Å²) in [5.41, 5.74) is 7.22. The summed E-state index contributed by atoms with van der Waals surface area (Å²) in [6.07, 6.45) is 10.2. The maximum absolute atomic E-state index is 12.6. The van der Waals surface area contributed by atoms with Crippen LogP contribution in [0.25, 0.3) is 0 Å². The molecule has 0 radical (unpaired) electrons. The highest BCUT2D eigenvalue weighted by Crippen LogP contribution is 2.67. The summed E-state index contributed by atoms with van der Waals surface area (Å²) in [6, 6.07) is 0. The van der Waals surface area contributed by atoms with E-state index in [0.29, 0.717) is 48.3 Å². The van der Waals surface area contributed by atoms with Crippen LogP contribution in [0.15, 0.2) is 17.3 Å². The molecule has 0 heterocycles. The number of carbonyl (C=O) groups excluding carboxylic acids is 1. The van der Waals surface area contributed by atoms with Crippen LogP contribution in [0, 0.1) is 39.9 Å². The third-order valence-electron chi connectivity index (χ3n) is 9.85. The lowest BCUT2D eigenvalue weighted by Crippen LogP contribution is -2.58. The summed E-state index contributed by atoms with van der Waals surface area (Å²) in [5.74, 6) is 0.841. The molecular weight excluding hydrogens is 448 g/mol. The Morgan fingerprint density at radius 3 is 2.26 bits per heavy atom. The van der Waals surface area contributed by atoms with Gasteiger partial charge in [0.05, 0.1) is 5.71 Å². The average molecular weight is 491 g/mol. The van der Waals surface area contributed by atoms with E-state index in [1.807, 2.05) is 0 Å². The van der Waals surface area contributed by atoms with Crippen LogP contribution < -0.4 is 5.73 Å². The number of fused-ring (bicyclic) bond motifs is 5. The summed E-state index contributed by atoms with van der Waals surface area (Å²) in [5, 5.41) is 20.1. The van der Waals surface area contributed by atoms with Gasteiger partial charge in [0.1, 0.15) is 12.4 Å². The Morgan fingerprint density at radius 1 is 1.00 bits per heavy atom. The highest BCUT2D eigenvalue weighted by molar-refractivity contribution is 5.91. The predicted molar refractivity (Wildman–Crippen MR) is 133 cm³/mol. The minimum Gasteiger partial charge on any atom is -0.478 e. The van der Waals surface area contributed by atoms with E-state index < -0.39 is 11.9 Å². The molecule has 0 spiro atoms. The molecule has 0 saturated heterocycles. The van der Waals surface area contributed by atoms with Gasteiger partial charge in [0, 0.05) is 35.9 Å². The molecule has 4 rings (SSSR count). The molecule has 0 amide bonds. The van der Waals surface area contributed by atoms with Crippen LogP contribution >= 0.6 is 0 Å². The fourth-order valence-electron chi connectivity index (χ4n) is 8.17. The first-order valence-electron chi connectivity index (χ1n) is 12.9. The summed E-state index contributed by atoms with van der Waals surface area (Å²) in [7, 11) is 0. The second-order valence-electron chi connectivity index (χ2n) is 11.8. The Kier molecular flexibility index (Phi) is 8.14. The maximum Gasteiger partial charge on any atom is 0.328 e. The lowest BCUT2D eigenvalue weighted by Gasteiger charge is -2.63. The first-order valence-corrected chi connectivity index (χ1v) is 12.9. The summed E-state index contributed by atoms with van der Waals surface area (Å²) in [6.45, 7) is 10.6. The Morgan fingerprint density at radius 2 is 1.66 bits per heavy atom. The molecule has 0 bridgehead atoms. The van der Waals surface area contributed by atoms with Crippen molar-refractivity contribution in [2.24, 2.45) is 50.8 Å². The zero-order valence-corrected chi connectivity index (χ0v) is 21.6. The quantitative estimate of drug-likeness (QED) is 0.297. The van der Waals surface area contributed by atoms with E-state index in [9.17, 15) is 14.4 Å². The smallest absolute Gasteiger partial charge is 0.328 e. The van der Waals surface area contributed by atoms with Crippen LogP contribution in [-0.4, -0.2) is 46.8 Å². The number of hydrogen-bond donors (Lipinski definition) is 3. The molecule has 6 atom stereocenters. The molecular formula is C27H42N2O6. The Bertz CT molecular complexity index is 880. The van der Waals surface area contributed by atoms with Crippen molar-refractivity contribution < 1.29 is 29.4 Å². The van der Waals surface area contributed by atoms with Crippen molar-refractivity contribution in [1.29, 1.82) is 0 Å². The number of aliphatic carboxylic acids is 2. The van der Waals surface area contributed by atoms with Crippen LogP contribution in [0.3, 0.4) is 0 Å². The van der Waals surface area contributed by atoms with Gasteiger partial charge in [-0.2, -0.15) is 0 Å². The van der Waals surface area contributed by atoms with E-state index >= 15 is 0 Å². The van der Waals surface area contributed by atoms with Crippen LogP contribution in [0.1, 0.15) is 79.1 Å². The Balaban J connectivity index is 0.000000371. The topological polar surface area (TPSA) is 139 Å². The number of Topliss-reactive ketones (excluding diaryl/α,β-unsaturated/α-hetero) is 1. The molecule has 4 N–H and O–H groups in total. The van der Waals surface area contributed by atoms with Gasteiger partial charge in [-0.05, 0) is 74.0 Å². The monoisotopic (exact) mass is 490 g/mol. The van der Waals surface area contributed by atoms with Gasteiger partial charge < -0.3 is 20.8 Å². The molecule has 0 aromatic carbocycles. The van der Waals surface area contributed by atoms with Gasteiger partial charge >= 0.3 is 11.9 Å². The van der Waals surface area contributed by atoms with Gasteiger partial charge in [-0.1, -0.05) is 32.9 Å². The lowest BCUT2D eigenvalue weighted by molar-refractivity contribution is -0.141. The highest BCUT2D eigenvalue weighted by Gasteiger charge is 2.62. The molecule has 0 aromatic rings. The second kappa shape index (κ2) is 10.4. The number of rotatable bonds is 5. The maximum atomic E-state index is 12.6. The Hall–Kier alpha value is -2.22. The summed E-state index contributed by atoms with van der Waals surface area (Å²) in [4.78, 5) is 37.2. The predicted octanol–water partition coefficient (Wildman–Crippen LogP) is 4.28. The average Bonchev–Trinajstić information content (AvgIpc) is 3.09. The van der Waals surface area contributed by atoms with Gasteiger partial charge in [-0.25, -0.2) is 9.59 Å². The van der Waals surface area contributed by atoms with E-state index in [2.05, 4.69) is 32.9 Å². The molecule has 4 aliphatic carbocycles. The number of carboxylic acids is 2. The fourth-order valence-corrected chi connectivity index (χ4v) is 8.17. The third-order valence-corrected chi connectivity index (χ3v) is 9.85. The minimum atomic E-state index is -1.26. The number of nitrogens with zero attached hydrogens (tertiary/aromatic N) is 1. The molecule has 4 fully saturated rings. The van der Waals surface area contributed by atoms with Gasteiger partial charge in [-0.15, -0.1) is 0 Å². The number of oxime groups is 1. The molecule has 0 aromatic heterocycles. The van der Waals surface area contributed by atoms with Crippen LogP contribution in [0.5, 0.6) is 0 Å². The molecule has 0 aliphatic heterocycles. The van der Waals surface area contributed by atoms with Gasteiger partial charge in [0.25, 0.3) is 0 Å². The van der Waals surface area contributed by atoms with Crippen molar-refractivity contribution >= 4 is 23.4 Å². The Labute approximate surface area is 208 Å². The molecule has 4 saturated carbocycles. The van der Waals surface area contributed by atoms with E-state index in [4.69, 9.17) is 20.8 Å². The summed E-state index contributed by atoms with van der Waals surface area (Å²) < 4.78 is 0. The number of ketones is 1. The number of nitrogens with two attached hydrogens (primary N) is 1. The zero-order chi connectivity index (χ0) is 26.0. The van der Waals surface area contributed by atoms with Crippen molar-refractivity contribution in [3.05, 3.63) is 12.2 Å². The highest BCUT2D eigenvalue weighted by atomic mass is 16.6. The largest absolute Gasteiger partial charge is 0.478 e. The van der Waals surface area contributed by atoms with Gasteiger partial charge in [0.2, 0.25) is 0 Å². The zero-order valence-electron chi connectivity index (χ0n) is 21.6. The van der Waals surface area contributed by atoms with Crippen molar-refractivity contribution in [1.82, 2.24) is 0 Å². The molecule has 1 unspecified atom stereocenters. The van der Waals surface area contributed by atoms with Crippen molar-refractivity contribution in [3.63, 3.8) is 0 Å². The van der Waals surface area contributed by atoms with Gasteiger partial charge in [0.15, 0.2) is 0 Å². The second-order valence-corrected chi connectivity index (χ2v) is 11.8. The molecule has 196 valence electrons. The van der Waals surface area contributed by atoms with Gasteiger partial charge in [-0.3, -0.25) is 4.79 Å². The number of hydrogen-bond acceptors (Lipinski definition) is 6. The van der Waals surface area contributed by atoms with Crippen molar-refractivity contribution in [2.75, 3.05) is 13.2 Å². The first kappa shape index (κ1) is 27.4. The van der Waals surface area contributed by atoms with Crippen LogP contribution in [0.4, 0.5) is 0 Å². The SMILES string of the molecule is CC1(C)/C(=N/OCCN)CC[C@@]2(C)C1CC[C@@H]1[C@@H]2CC[C@]2(C)C(=O)CC[C@@H]12.O=C(O)/C=C/C(=O)O. The standard InChI is InChI=1S/C23H38N2O2.C4H4O4/c1-21(2)18-7-5-15-16-6-8-20(26)23(16,4)11-9-17(15)22(18,3)12-10-19(21)25-27-14-13-24;5-3(6)1-2-4(7)8/h15-18H,5-14,24H2,1-4H3;1-2H,(H,5,6)(H,7,8)/b25-19+;2-1+/t15-,16-,17-,18?,22+,23-;/m0./s1. The van der Waals surface area contributed by atoms with E-state index in [1.54, 1.807) is 0 Å². The third kappa shape index (κ3) is 5.18. The summed E-state index contributed by atoms with van der Waals surface area (Å²) >= 11 is 0. The van der Waals surface area contributed by atoms with Crippen LogP contribution in [0.2, 0.25) is 0 Å². The molecule has 8 nitrogen and oxygen atoms in total. The van der Waals surface area contributed by atoms with E-state index in [-0.39, 0.29) is 10.8 Å². The van der Waals surface area contributed by atoms with E-state index in [1.165, 1.54) is 31.4 Å². The first-order chi connectivity index (χ1) is 16.4. The van der Waals surface area contributed by atoms with E-state index in [0.717, 1.165) is 37.5 Å². The lowest BCUT2D eigenvalue weighted by atomic mass is 9.41. The van der Waals surface area contributed by atoms with Crippen LogP contribution in [-0.2, 0) is 19.2 Å².